The van der Waals surface area contributed by atoms with Crippen molar-refractivity contribution in [3.05, 3.63) is 75.2 Å². The van der Waals surface area contributed by atoms with Crippen LogP contribution in [0.25, 0.3) is 5.57 Å². The van der Waals surface area contributed by atoms with Gasteiger partial charge in [-0.1, -0.05) is 57.2 Å². The summed E-state index contributed by atoms with van der Waals surface area (Å²) in [4.78, 5) is 38.2. The van der Waals surface area contributed by atoms with E-state index in [2.05, 4.69) is 43.2 Å². The van der Waals surface area contributed by atoms with Crippen LogP contribution in [0.4, 0.5) is 0 Å². The molecule has 2 aromatic rings. The van der Waals surface area contributed by atoms with Crippen LogP contribution in [0, 0.1) is 0 Å². The highest BCUT2D eigenvalue weighted by Gasteiger charge is 2.21. The molecule has 6 nitrogen and oxygen atoms in total. The summed E-state index contributed by atoms with van der Waals surface area (Å²) in [6.45, 7) is 6.49. The van der Waals surface area contributed by atoms with Gasteiger partial charge in [0, 0.05) is 35.7 Å². The lowest BCUT2D eigenvalue weighted by Crippen LogP contribution is -2.24. The number of benzene rings is 1. The Hall–Kier alpha value is -3.15. The minimum absolute atomic E-state index is 0.0361. The zero-order chi connectivity index (χ0) is 21.9. The molecule has 1 aromatic heterocycles. The average molecular weight is 408 g/mol. The average Bonchev–Trinajstić information content (AvgIpc) is 3.09. The van der Waals surface area contributed by atoms with Crippen LogP contribution in [0.1, 0.15) is 62.4 Å². The highest BCUT2D eigenvalue weighted by molar-refractivity contribution is 5.82. The maximum Gasteiger partial charge on any atom is 0.251 e. The second-order valence-electron chi connectivity index (χ2n) is 8.81. The second kappa shape index (κ2) is 8.69. The molecule has 1 saturated heterocycles. The fourth-order valence-electron chi connectivity index (χ4n) is 3.57. The van der Waals surface area contributed by atoms with Crippen LogP contribution in [0.3, 0.4) is 0 Å². The summed E-state index contributed by atoms with van der Waals surface area (Å²) in [6, 6.07) is 11.8. The standard InChI is InChI=1S/C24H29N3O3/c1-24(2,3)17-8-4-15(5-9-17)19(14-18-10-13-22(29)26-18)20-11-6-16(23(30)27-20)7-12-21(25)28/h4-6,8-9,11,14,18H,7,10,12-13H2,1-3H3,(H2,25,28)(H,26,29)(H,27,30)/t18-/m1/s1. The van der Waals surface area contributed by atoms with Gasteiger partial charge in [-0.05, 0) is 35.4 Å². The van der Waals surface area contributed by atoms with Crippen LogP contribution in [0.15, 0.2) is 47.3 Å². The van der Waals surface area contributed by atoms with Gasteiger partial charge in [0.1, 0.15) is 0 Å². The number of hydrogen-bond donors (Lipinski definition) is 3. The lowest BCUT2D eigenvalue weighted by atomic mass is 9.86. The first kappa shape index (κ1) is 21.6. The number of aryl methyl sites for hydroxylation is 1. The molecule has 158 valence electrons. The number of carbonyl (C=O) groups excluding carboxylic acids is 2. The number of H-pyrrole nitrogens is 1. The van der Waals surface area contributed by atoms with Crippen LogP contribution >= 0.6 is 0 Å². The molecule has 30 heavy (non-hydrogen) atoms. The predicted octanol–water partition coefficient (Wildman–Crippen LogP) is 2.80. The van der Waals surface area contributed by atoms with Crippen molar-refractivity contribution in [3.8, 4) is 0 Å². The predicted molar refractivity (Wildman–Crippen MR) is 118 cm³/mol. The van der Waals surface area contributed by atoms with Gasteiger partial charge in [-0.3, -0.25) is 14.4 Å². The van der Waals surface area contributed by atoms with Crippen LogP contribution in [-0.4, -0.2) is 22.8 Å². The van der Waals surface area contributed by atoms with Gasteiger partial charge in [0.25, 0.3) is 5.56 Å². The number of primary amides is 1. The molecule has 0 radical (unpaired) electrons. The van der Waals surface area contributed by atoms with Gasteiger partial charge in [-0.15, -0.1) is 0 Å². The van der Waals surface area contributed by atoms with Gasteiger partial charge in [0.2, 0.25) is 11.8 Å². The van der Waals surface area contributed by atoms with E-state index in [0.717, 1.165) is 17.6 Å². The van der Waals surface area contributed by atoms with E-state index in [4.69, 9.17) is 5.73 Å². The van der Waals surface area contributed by atoms with Crippen molar-refractivity contribution >= 4 is 17.4 Å². The van der Waals surface area contributed by atoms with Crippen molar-refractivity contribution in [1.29, 1.82) is 0 Å². The SMILES string of the molecule is CC(C)(C)c1ccc(C(=C[C@H]2CCC(=O)N2)c2ccc(CCC(N)=O)c(=O)[nH]2)cc1. The molecule has 1 aromatic carbocycles. The van der Waals surface area contributed by atoms with Gasteiger partial charge in [0.05, 0.1) is 0 Å². The topological polar surface area (TPSA) is 105 Å². The Bertz CT molecular complexity index is 1030. The van der Waals surface area contributed by atoms with Gasteiger partial charge in [-0.25, -0.2) is 0 Å². The number of rotatable bonds is 6. The third kappa shape index (κ3) is 5.26. The number of aromatic amines is 1. The summed E-state index contributed by atoms with van der Waals surface area (Å²) < 4.78 is 0. The summed E-state index contributed by atoms with van der Waals surface area (Å²) in [5.74, 6) is -0.399. The summed E-state index contributed by atoms with van der Waals surface area (Å²) in [6.07, 6.45) is 3.67. The monoisotopic (exact) mass is 407 g/mol. The molecule has 1 aliphatic rings. The fourth-order valence-corrected chi connectivity index (χ4v) is 3.57. The van der Waals surface area contributed by atoms with Gasteiger partial charge in [-0.2, -0.15) is 0 Å². The molecule has 1 aliphatic heterocycles. The molecule has 1 fully saturated rings. The molecule has 0 unspecified atom stereocenters. The first-order chi connectivity index (χ1) is 14.1. The largest absolute Gasteiger partial charge is 0.370 e. The zero-order valence-electron chi connectivity index (χ0n) is 17.7. The quantitative estimate of drug-likeness (QED) is 0.686. The lowest BCUT2D eigenvalue weighted by Gasteiger charge is -2.20. The fraction of sp³-hybridized carbons (Fsp3) is 0.375. The van der Waals surface area contributed by atoms with Crippen molar-refractivity contribution in [1.82, 2.24) is 10.3 Å². The minimum Gasteiger partial charge on any atom is -0.370 e. The Morgan fingerprint density at radius 1 is 1.13 bits per heavy atom. The van der Waals surface area contributed by atoms with E-state index in [0.29, 0.717) is 24.1 Å². The summed E-state index contributed by atoms with van der Waals surface area (Å²) in [5, 5.41) is 2.96. The Morgan fingerprint density at radius 3 is 2.37 bits per heavy atom. The van der Waals surface area contributed by atoms with E-state index >= 15 is 0 Å². The maximum atomic E-state index is 12.6. The Kier molecular flexibility index (Phi) is 6.25. The number of nitrogens with two attached hydrogens (primary N) is 1. The first-order valence-corrected chi connectivity index (χ1v) is 10.3. The Balaban J connectivity index is 1.99. The molecule has 0 aliphatic carbocycles. The van der Waals surface area contributed by atoms with E-state index in [9.17, 15) is 14.4 Å². The van der Waals surface area contributed by atoms with Gasteiger partial charge in [0.15, 0.2) is 0 Å². The Morgan fingerprint density at radius 2 is 1.83 bits per heavy atom. The molecule has 0 saturated carbocycles. The van der Waals surface area contributed by atoms with Crippen LogP contribution in [0.2, 0.25) is 0 Å². The van der Waals surface area contributed by atoms with Crippen molar-refractivity contribution in [2.45, 2.75) is 57.9 Å². The molecular weight excluding hydrogens is 378 g/mol. The molecule has 2 amide bonds. The number of hydrogen-bond acceptors (Lipinski definition) is 3. The van der Waals surface area contributed by atoms with E-state index in [-0.39, 0.29) is 29.3 Å². The number of nitrogens with one attached hydrogen (secondary N) is 2. The van der Waals surface area contributed by atoms with Gasteiger partial charge >= 0.3 is 0 Å². The number of carbonyl (C=O) groups is 2. The van der Waals surface area contributed by atoms with Crippen LogP contribution in [-0.2, 0) is 21.4 Å². The normalized spacial score (nSPS) is 17.1. The summed E-state index contributed by atoms with van der Waals surface area (Å²) in [7, 11) is 0. The summed E-state index contributed by atoms with van der Waals surface area (Å²) >= 11 is 0. The van der Waals surface area contributed by atoms with E-state index in [1.54, 1.807) is 6.07 Å². The maximum absolute atomic E-state index is 12.6. The van der Waals surface area contributed by atoms with Crippen molar-refractivity contribution in [2.75, 3.05) is 0 Å². The molecule has 6 heteroatoms. The van der Waals surface area contributed by atoms with Crippen molar-refractivity contribution in [3.63, 3.8) is 0 Å². The highest BCUT2D eigenvalue weighted by atomic mass is 16.2. The van der Waals surface area contributed by atoms with Crippen molar-refractivity contribution in [2.24, 2.45) is 5.73 Å². The third-order valence-electron chi connectivity index (χ3n) is 5.38. The third-order valence-corrected chi connectivity index (χ3v) is 5.38. The summed E-state index contributed by atoms with van der Waals surface area (Å²) in [5.41, 5.74) is 9.24. The van der Waals surface area contributed by atoms with Crippen LogP contribution < -0.4 is 16.6 Å². The van der Waals surface area contributed by atoms with Crippen molar-refractivity contribution < 1.29 is 9.59 Å². The second-order valence-corrected chi connectivity index (χ2v) is 8.81. The molecule has 0 bridgehead atoms. The van der Waals surface area contributed by atoms with Gasteiger partial charge < -0.3 is 16.0 Å². The smallest absolute Gasteiger partial charge is 0.251 e. The van der Waals surface area contributed by atoms with Crippen LogP contribution in [0.5, 0.6) is 0 Å². The molecule has 4 N–H and O–H groups in total. The molecule has 2 heterocycles. The number of aromatic nitrogens is 1. The number of pyridine rings is 1. The molecule has 0 spiro atoms. The lowest BCUT2D eigenvalue weighted by molar-refractivity contribution is -0.119. The highest BCUT2D eigenvalue weighted by Crippen LogP contribution is 2.28. The molecular formula is C24H29N3O3. The Labute approximate surface area is 176 Å². The first-order valence-electron chi connectivity index (χ1n) is 10.3. The molecule has 3 rings (SSSR count). The molecule has 1 atom stereocenters. The van der Waals surface area contributed by atoms with E-state index in [1.165, 1.54) is 5.56 Å². The number of amides is 2. The zero-order valence-corrected chi connectivity index (χ0v) is 17.7. The van der Waals surface area contributed by atoms with E-state index in [1.807, 2.05) is 24.3 Å². The minimum atomic E-state index is -0.435. The van der Waals surface area contributed by atoms with E-state index < -0.39 is 5.91 Å².